The molecule has 8 nitrogen and oxygen atoms in total. The summed E-state index contributed by atoms with van der Waals surface area (Å²) in [4.78, 5) is 12.7. The van der Waals surface area contributed by atoms with Crippen molar-refractivity contribution in [2.45, 2.75) is 22.9 Å². The van der Waals surface area contributed by atoms with E-state index in [0.717, 1.165) is 28.6 Å². The molecule has 0 saturated carbocycles. The van der Waals surface area contributed by atoms with Crippen LogP contribution >= 0.6 is 23.2 Å². The Morgan fingerprint density at radius 3 is 2.07 bits per heavy atom. The zero-order valence-corrected chi connectivity index (χ0v) is 25.2. The summed E-state index contributed by atoms with van der Waals surface area (Å²) < 4.78 is 95.1. The number of hydrogen-bond donors (Lipinski definition) is 2. The molecule has 4 aromatic rings. The van der Waals surface area contributed by atoms with E-state index in [-0.39, 0.29) is 31.9 Å². The van der Waals surface area contributed by atoms with Crippen LogP contribution in [0.15, 0.2) is 101 Å². The van der Waals surface area contributed by atoms with Crippen LogP contribution in [-0.4, -0.2) is 29.3 Å². The molecule has 2 N–H and O–H groups in total. The van der Waals surface area contributed by atoms with Crippen molar-refractivity contribution in [1.29, 1.82) is 0 Å². The van der Waals surface area contributed by atoms with Crippen LogP contribution in [0.5, 0.6) is 0 Å². The summed E-state index contributed by atoms with van der Waals surface area (Å²) in [7, 11) is -8.52. The largest absolute Gasteiger partial charge is 0.417 e. The highest BCUT2D eigenvalue weighted by molar-refractivity contribution is 7.93. The number of aryl methyl sites for hydroxylation is 1. The smallest absolute Gasteiger partial charge is 0.325 e. The van der Waals surface area contributed by atoms with Crippen LogP contribution in [0.25, 0.3) is 0 Å². The normalized spacial score (nSPS) is 12.0. The number of anilines is 3. The van der Waals surface area contributed by atoms with Crippen molar-refractivity contribution in [2.75, 3.05) is 20.9 Å². The van der Waals surface area contributed by atoms with Gasteiger partial charge >= 0.3 is 6.18 Å². The van der Waals surface area contributed by atoms with Gasteiger partial charge in [0.25, 0.3) is 20.0 Å². The molecule has 43 heavy (non-hydrogen) atoms. The minimum atomic E-state index is -4.79. The Kier molecular flexibility index (Phi) is 9.30. The van der Waals surface area contributed by atoms with Crippen LogP contribution in [0.1, 0.15) is 11.1 Å². The van der Waals surface area contributed by atoms with Gasteiger partial charge in [-0.15, -0.1) is 0 Å². The van der Waals surface area contributed by atoms with Gasteiger partial charge in [-0.05, 0) is 79.2 Å². The molecule has 0 heterocycles. The van der Waals surface area contributed by atoms with Crippen LogP contribution in [-0.2, 0) is 31.0 Å². The average molecular weight is 673 g/mol. The highest BCUT2D eigenvalue weighted by Crippen LogP contribution is 2.36. The fourth-order valence-electron chi connectivity index (χ4n) is 3.94. The maximum absolute atomic E-state index is 13.5. The molecule has 0 atom stereocenters. The number of nitrogens with zero attached hydrogens (tertiary/aromatic N) is 1. The number of sulfonamides is 2. The molecule has 0 aromatic heterocycles. The molecule has 0 fully saturated rings. The van der Waals surface area contributed by atoms with Crippen molar-refractivity contribution in [3.05, 3.63) is 112 Å². The van der Waals surface area contributed by atoms with Gasteiger partial charge in [-0.1, -0.05) is 47.5 Å². The second kappa shape index (κ2) is 12.4. The summed E-state index contributed by atoms with van der Waals surface area (Å²) in [5.74, 6) is -0.742. The Balaban J connectivity index is 1.54. The van der Waals surface area contributed by atoms with Crippen molar-refractivity contribution in [3.63, 3.8) is 0 Å². The first-order valence-corrected chi connectivity index (χ1v) is 15.9. The van der Waals surface area contributed by atoms with Crippen LogP contribution in [0.3, 0.4) is 0 Å². The van der Waals surface area contributed by atoms with Crippen molar-refractivity contribution in [2.24, 2.45) is 0 Å². The quantitative estimate of drug-likeness (QED) is 0.200. The Labute approximate surface area is 256 Å². The molecule has 4 rings (SSSR count). The molecule has 0 unspecified atom stereocenters. The first-order chi connectivity index (χ1) is 20.1. The zero-order chi connectivity index (χ0) is 31.6. The summed E-state index contributed by atoms with van der Waals surface area (Å²) in [6.07, 6.45) is -4.79. The molecule has 0 saturated heterocycles. The molecule has 1 amide bonds. The summed E-state index contributed by atoms with van der Waals surface area (Å²) in [6.45, 7) is 1.02. The second-order valence-electron chi connectivity index (χ2n) is 9.13. The van der Waals surface area contributed by atoms with Crippen LogP contribution in [0.4, 0.5) is 30.2 Å². The van der Waals surface area contributed by atoms with E-state index in [9.17, 15) is 34.8 Å². The Hall–Kier alpha value is -3.78. The lowest BCUT2D eigenvalue weighted by atomic mass is 10.2. The van der Waals surface area contributed by atoms with Gasteiger partial charge in [0, 0.05) is 16.4 Å². The summed E-state index contributed by atoms with van der Waals surface area (Å²) in [5, 5.41) is 2.20. The van der Waals surface area contributed by atoms with Crippen LogP contribution in [0, 0.1) is 6.92 Å². The van der Waals surface area contributed by atoms with Crippen molar-refractivity contribution in [3.8, 4) is 0 Å². The van der Waals surface area contributed by atoms with Crippen LogP contribution in [0.2, 0.25) is 10.0 Å². The van der Waals surface area contributed by atoms with E-state index in [4.69, 9.17) is 23.2 Å². The number of benzene rings is 4. The molecule has 0 bridgehead atoms. The minimum Gasteiger partial charge on any atom is -0.325 e. The molecule has 0 aliphatic heterocycles. The van der Waals surface area contributed by atoms with E-state index in [1.165, 1.54) is 30.3 Å². The Morgan fingerprint density at radius 2 is 1.44 bits per heavy atom. The monoisotopic (exact) mass is 671 g/mol. The van der Waals surface area contributed by atoms with Crippen molar-refractivity contribution >= 4 is 66.2 Å². The van der Waals surface area contributed by atoms with E-state index in [2.05, 4.69) is 10.0 Å². The van der Waals surface area contributed by atoms with Gasteiger partial charge < -0.3 is 5.32 Å². The molecule has 4 aromatic carbocycles. The number of carbonyl (C=O) groups excluding carboxylic acids is 1. The average Bonchev–Trinajstić information content (AvgIpc) is 2.94. The van der Waals surface area contributed by atoms with Gasteiger partial charge in [0.1, 0.15) is 6.54 Å². The van der Waals surface area contributed by atoms with E-state index >= 15 is 0 Å². The minimum absolute atomic E-state index is 0.0488. The highest BCUT2D eigenvalue weighted by atomic mass is 35.5. The first-order valence-electron chi connectivity index (χ1n) is 12.2. The number of amides is 1. The van der Waals surface area contributed by atoms with Crippen molar-refractivity contribution in [1.82, 2.24) is 0 Å². The predicted molar refractivity (Wildman–Crippen MR) is 159 cm³/mol. The molecule has 226 valence electrons. The number of halogens is 5. The number of rotatable bonds is 9. The third kappa shape index (κ3) is 7.60. The lowest BCUT2D eigenvalue weighted by Gasteiger charge is -2.26. The SMILES string of the molecule is Cc1ccc(Cl)cc1N(CC(=O)Nc1ccc(S(=O)(=O)Nc2ccc(Cl)c(C(F)(F)F)c2)cc1)S(=O)(=O)c1ccccc1. The van der Waals surface area contributed by atoms with E-state index in [1.54, 1.807) is 37.3 Å². The maximum atomic E-state index is 13.5. The third-order valence-electron chi connectivity index (χ3n) is 6.03. The third-order valence-corrected chi connectivity index (χ3v) is 9.77. The van der Waals surface area contributed by atoms with Crippen molar-refractivity contribution < 1.29 is 34.8 Å². The maximum Gasteiger partial charge on any atom is 0.417 e. The van der Waals surface area contributed by atoms with Gasteiger partial charge in [-0.2, -0.15) is 13.2 Å². The number of alkyl halides is 3. The number of carbonyl (C=O) groups is 1. The molecule has 0 aliphatic rings. The lowest BCUT2D eigenvalue weighted by molar-refractivity contribution is -0.137. The van der Waals surface area contributed by atoms with Gasteiger partial charge in [-0.25, -0.2) is 16.8 Å². The van der Waals surface area contributed by atoms with Gasteiger partial charge in [0.05, 0.1) is 26.1 Å². The van der Waals surface area contributed by atoms with Crippen LogP contribution < -0.4 is 14.3 Å². The summed E-state index contributed by atoms with van der Waals surface area (Å²) >= 11 is 11.7. The standard InChI is InChI=1S/C28H22Cl2F3N3O5S2/c1-18-7-8-19(29)15-26(18)36(43(40,41)23-5-3-2-4-6-23)17-27(37)34-20-9-12-22(13-10-20)42(38,39)35-21-11-14-25(30)24(16-21)28(31,32)33/h2-16,35H,17H2,1H3,(H,34,37). The predicted octanol–water partition coefficient (Wildman–Crippen LogP) is 6.96. The first kappa shape index (κ1) is 32.1. The summed E-state index contributed by atoms with van der Waals surface area (Å²) in [6, 6.07) is 19.5. The fraction of sp³-hybridized carbons (Fsp3) is 0.107. The fourth-order valence-corrected chi connectivity index (χ4v) is 6.88. The second-order valence-corrected chi connectivity index (χ2v) is 13.5. The lowest BCUT2D eigenvalue weighted by Crippen LogP contribution is -2.38. The Bertz CT molecular complexity index is 1870. The number of hydrogen-bond acceptors (Lipinski definition) is 5. The number of nitrogens with one attached hydrogen (secondary N) is 2. The van der Waals surface area contributed by atoms with Gasteiger partial charge in [0.2, 0.25) is 5.91 Å². The van der Waals surface area contributed by atoms with E-state index in [0.29, 0.717) is 11.6 Å². The van der Waals surface area contributed by atoms with E-state index in [1.807, 2.05) is 0 Å². The van der Waals surface area contributed by atoms with Gasteiger partial charge in [-0.3, -0.25) is 13.8 Å². The molecular formula is C28H22Cl2F3N3O5S2. The summed E-state index contributed by atoms with van der Waals surface area (Å²) in [5.41, 5.74) is -0.694. The van der Waals surface area contributed by atoms with E-state index < -0.39 is 49.3 Å². The molecule has 0 spiro atoms. The zero-order valence-electron chi connectivity index (χ0n) is 22.1. The highest BCUT2D eigenvalue weighted by Gasteiger charge is 2.34. The molecular weight excluding hydrogens is 650 g/mol. The molecule has 0 radical (unpaired) electrons. The Morgan fingerprint density at radius 1 is 0.814 bits per heavy atom. The molecule has 0 aliphatic carbocycles. The van der Waals surface area contributed by atoms with Gasteiger partial charge in [0.15, 0.2) is 0 Å². The topological polar surface area (TPSA) is 113 Å². The molecule has 15 heteroatoms.